The van der Waals surface area contributed by atoms with E-state index in [0.717, 1.165) is 165 Å². The molecule has 16 saturated carbocycles. The maximum atomic E-state index is 13.8. The Morgan fingerprint density at radius 1 is 0.281 bits per heavy atom. The van der Waals surface area contributed by atoms with Crippen LogP contribution in [0.1, 0.15) is 156 Å². The van der Waals surface area contributed by atoms with Crippen molar-refractivity contribution in [2.24, 2.45) is 94.7 Å². The van der Waals surface area contributed by atoms with Gasteiger partial charge in [-0.15, -0.1) is 0 Å². The molecule has 4 aromatic carbocycles. The van der Waals surface area contributed by atoms with Gasteiger partial charge in [0.1, 0.15) is 0 Å². The van der Waals surface area contributed by atoms with Crippen molar-refractivity contribution in [2.75, 3.05) is 26.4 Å². The normalized spacial score (nSPS) is 40.2. The summed E-state index contributed by atoms with van der Waals surface area (Å²) in [7, 11) is 0. The topological polar surface area (TPSA) is 142 Å². The van der Waals surface area contributed by atoms with Gasteiger partial charge < -0.3 is 0 Å². The van der Waals surface area contributed by atoms with Crippen LogP contribution in [0.25, 0.3) is 0 Å². The van der Waals surface area contributed by atoms with Crippen molar-refractivity contribution in [1.29, 1.82) is 0 Å². The van der Waals surface area contributed by atoms with Crippen LogP contribution in [0.15, 0.2) is 97.1 Å². The molecule has 0 heterocycles. The van der Waals surface area contributed by atoms with E-state index in [1.807, 2.05) is 48.5 Å². The molecule has 13 heteroatoms. The van der Waals surface area contributed by atoms with Crippen molar-refractivity contribution < 1.29 is 57.1 Å². The fourth-order valence-electron chi connectivity index (χ4n) is 22.6. The summed E-state index contributed by atoms with van der Waals surface area (Å²) in [6.07, 6.45) is 23.7. The first-order valence-electron chi connectivity index (χ1n) is 34.6. The van der Waals surface area contributed by atoms with Crippen LogP contribution in [0.4, 0.5) is 0 Å². The van der Waals surface area contributed by atoms with Crippen molar-refractivity contribution in [3.63, 3.8) is 0 Å². The van der Waals surface area contributed by atoms with Gasteiger partial charge in [0, 0.05) is 0 Å². The second kappa shape index (κ2) is 22.5. The Hall–Kier alpha value is -5.25. The molecule has 20 rings (SSSR count). The Morgan fingerprint density at radius 3 is 0.596 bits per heavy atom. The van der Waals surface area contributed by atoms with E-state index >= 15 is 0 Å². The molecule has 0 aliphatic heterocycles. The van der Waals surface area contributed by atoms with E-state index in [0.29, 0.717) is 70.3 Å². The molecule has 474 valence electrons. The molecule has 0 N–H and O–H groups in total. The third kappa shape index (κ3) is 10.5. The van der Waals surface area contributed by atoms with Crippen LogP contribution < -0.4 is 33.4 Å². The molecule has 0 spiro atoms. The minimum atomic E-state index is -4.24. The maximum absolute atomic E-state index is 13.8. The Kier molecular flexibility index (Phi) is 14.9. The Morgan fingerprint density at radius 2 is 0.438 bits per heavy atom. The SMILES string of the molecule is CC1(OC(=O)COc2ccc([Te](c3ccc(OCC(=O)OC4(C)C5CC6CC(C5)CC4C6)cc3)(c3ccc(OCC(=O)OC4(C)C5CC6CC(C5)CC4C6)cc3)c3ccc(OCC(=O)OC4(C)C5CC6CC(C5)CC4C6)cc3)cc2)C2CC3CC(C2)CC1C3. The second-order valence-corrected chi connectivity index (χ2v) is 40.4. The molecular weight excluding hydrogens is 1230 g/mol. The molecule has 16 aliphatic rings. The molecule has 16 aliphatic carbocycles. The van der Waals surface area contributed by atoms with E-state index in [1.54, 1.807) is 0 Å². The summed E-state index contributed by atoms with van der Waals surface area (Å²) in [5, 5.41) is 0. The first-order chi connectivity index (χ1) is 42.9. The fourth-order valence-corrected chi connectivity index (χ4v) is 33.5. The number of carbonyl (C=O) groups is 4. The van der Waals surface area contributed by atoms with Gasteiger partial charge in [-0.05, 0) is 25.7 Å². The molecule has 0 radical (unpaired) electrons. The van der Waals surface area contributed by atoms with Crippen molar-refractivity contribution in [1.82, 2.24) is 0 Å². The zero-order valence-corrected chi connectivity index (χ0v) is 55.1. The summed E-state index contributed by atoms with van der Waals surface area (Å²) in [5.74, 6) is 10.3. The molecule has 16 bridgehead atoms. The predicted molar refractivity (Wildman–Crippen MR) is 338 cm³/mol. The average Bonchev–Trinajstić information content (AvgIpc) is 1.26. The summed E-state index contributed by atoms with van der Waals surface area (Å²) in [5.41, 5.74) is -1.80. The van der Waals surface area contributed by atoms with Crippen LogP contribution >= 0.6 is 0 Å². The van der Waals surface area contributed by atoms with Crippen molar-refractivity contribution in [3.8, 4) is 23.0 Å². The monoisotopic (exact) mass is 1330 g/mol. The molecule has 0 atom stereocenters. The third-order valence-electron chi connectivity index (χ3n) is 26.5. The first kappa shape index (κ1) is 58.8. The molecule has 0 saturated heterocycles. The zero-order chi connectivity index (χ0) is 60.6. The van der Waals surface area contributed by atoms with Crippen molar-refractivity contribution in [3.05, 3.63) is 97.1 Å². The van der Waals surface area contributed by atoms with Crippen molar-refractivity contribution in [2.45, 2.75) is 179 Å². The van der Waals surface area contributed by atoms with Gasteiger partial charge in [0.05, 0.1) is 0 Å². The molecule has 4 aromatic rings. The Labute approximate surface area is 530 Å². The van der Waals surface area contributed by atoms with E-state index < -0.39 is 40.6 Å². The van der Waals surface area contributed by atoms with Gasteiger partial charge in [0.15, 0.2) is 0 Å². The van der Waals surface area contributed by atoms with Gasteiger partial charge in [-0.1, -0.05) is 0 Å². The van der Waals surface area contributed by atoms with Gasteiger partial charge in [0.2, 0.25) is 0 Å². The summed E-state index contributed by atoms with van der Waals surface area (Å²) in [6.45, 7) is 7.94. The Balaban J connectivity index is 0.681. The third-order valence-corrected chi connectivity index (χ3v) is 37.7. The number of ether oxygens (including phenoxy) is 8. The summed E-state index contributed by atoms with van der Waals surface area (Å²) in [6, 6.07) is 32.7. The molecular formula is C76H92O12Te. The Bertz CT molecular complexity index is 2780. The molecule has 0 unspecified atom stereocenters. The second-order valence-electron chi connectivity index (χ2n) is 31.5. The van der Waals surface area contributed by atoms with Crippen molar-refractivity contribution >= 4 is 56.5 Å². The first-order valence-corrected chi connectivity index (χ1v) is 39.2. The number of carbonyl (C=O) groups excluding carboxylic acids is 4. The summed E-state index contributed by atoms with van der Waals surface area (Å²) < 4.78 is 55.2. The minimum absolute atomic E-state index is 0.184. The fraction of sp³-hybridized carbons (Fsp3) is 0.632. The van der Waals surface area contributed by atoms with E-state index in [4.69, 9.17) is 37.9 Å². The number of hydrogen-bond donors (Lipinski definition) is 0. The van der Waals surface area contributed by atoms with Crippen LogP contribution in [0, 0.1) is 94.7 Å². The molecule has 12 nitrogen and oxygen atoms in total. The van der Waals surface area contributed by atoms with Gasteiger partial charge in [-0.25, -0.2) is 0 Å². The quantitative estimate of drug-likeness (QED) is 0.0472. The molecule has 16 fully saturated rings. The average molecular weight is 1330 g/mol. The van der Waals surface area contributed by atoms with Crippen LogP contribution in [0.2, 0.25) is 0 Å². The summed E-state index contributed by atoms with van der Waals surface area (Å²) in [4.78, 5) is 55.0. The van der Waals surface area contributed by atoms with Crippen LogP contribution in [-0.4, -0.2) is 90.9 Å². The molecule has 89 heavy (non-hydrogen) atoms. The van der Waals surface area contributed by atoms with Gasteiger partial charge >= 0.3 is 508 Å². The van der Waals surface area contributed by atoms with E-state index in [1.165, 1.54) is 25.7 Å². The predicted octanol–water partition coefficient (Wildman–Crippen LogP) is 11.6. The van der Waals surface area contributed by atoms with E-state index in [9.17, 15) is 19.2 Å². The van der Waals surface area contributed by atoms with E-state index in [2.05, 4.69) is 76.2 Å². The van der Waals surface area contributed by atoms with Crippen LogP contribution in [-0.2, 0) is 38.1 Å². The molecule has 0 amide bonds. The standard InChI is InChI=1S/C76H92O12Te/c1-73(53-25-45-21-46(27-53)28-54(73)26-45)85-69(77)41-81-61-5-13-65(14-6-61)89(66-15-7-62(8-16-66)82-42-70(78)86-74(2)55-29-47-22-48(31-55)32-56(74)30-47,67-17-9-63(10-18-67)83-43-71(79)87-75(3)57-33-49-23-50(35-57)36-58(75)34-49)68-19-11-64(12-20-68)84-44-72(80)88-76(4)59-37-51-24-52(39-59)40-60(76)38-51/h5-20,45-60H,21-44H2,1-4H3. The van der Waals surface area contributed by atoms with Gasteiger partial charge in [0.25, 0.3) is 0 Å². The number of esters is 4. The number of rotatable bonds is 20. The van der Waals surface area contributed by atoms with Gasteiger partial charge in [-0.2, -0.15) is 0 Å². The van der Waals surface area contributed by atoms with Crippen LogP contribution in [0.3, 0.4) is 0 Å². The number of benzene rings is 4. The number of hydrogen-bond acceptors (Lipinski definition) is 12. The zero-order valence-electron chi connectivity index (χ0n) is 52.8. The van der Waals surface area contributed by atoms with Gasteiger partial charge in [-0.3, -0.25) is 0 Å². The molecule has 0 aromatic heterocycles. The van der Waals surface area contributed by atoms with Crippen LogP contribution in [0.5, 0.6) is 23.0 Å². The van der Waals surface area contributed by atoms with E-state index in [-0.39, 0.29) is 50.3 Å². The summed E-state index contributed by atoms with van der Waals surface area (Å²) >= 11 is -4.24.